The number of nitrogens with zero attached hydrogens (tertiary/aromatic N) is 3. The van der Waals surface area contributed by atoms with Crippen molar-refractivity contribution in [2.45, 2.75) is 6.92 Å². The fourth-order valence-corrected chi connectivity index (χ4v) is 2.64. The zero-order chi connectivity index (χ0) is 14.8. The number of hydrogen-bond donors (Lipinski definition) is 1. The van der Waals surface area contributed by atoms with Crippen LogP contribution in [0.1, 0.15) is 16.2 Å². The molecule has 106 valence electrons. The third-order valence-corrected chi connectivity index (χ3v) is 3.85. The first-order chi connectivity index (χ1) is 10.1. The summed E-state index contributed by atoms with van der Waals surface area (Å²) in [5.41, 5.74) is 3.10. The van der Waals surface area contributed by atoms with Gasteiger partial charge in [-0.15, -0.1) is 11.3 Å². The van der Waals surface area contributed by atoms with Crippen molar-refractivity contribution in [3.05, 3.63) is 53.4 Å². The third kappa shape index (κ3) is 2.85. The van der Waals surface area contributed by atoms with Crippen molar-refractivity contribution in [1.29, 1.82) is 0 Å². The summed E-state index contributed by atoms with van der Waals surface area (Å²) in [4.78, 5) is 20.5. The van der Waals surface area contributed by atoms with Crippen LogP contribution in [0.3, 0.4) is 0 Å². The Bertz CT molecular complexity index is 773. The number of hydrogen-bond acceptors (Lipinski definition) is 4. The average Bonchev–Trinajstić information content (AvgIpc) is 3.09. The Morgan fingerprint density at radius 2 is 2.05 bits per heavy atom. The molecule has 0 atom stereocenters. The Hall–Kier alpha value is -2.47. The van der Waals surface area contributed by atoms with E-state index in [-0.39, 0.29) is 5.91 Å². The van der Waals surface area contributed by atoms with Gasteiger partial charge >= 0.3 is 0 Å². The average molecular weight is 298 g/mol. The number of nitrogens with one attached hydrogen (secondary N) is 1. The molecule has 0 bridgehead atoms. The first-order valence-corrected chi connectivity index (χ1v) is 7.33. The highest BCUT2D eigenvalue weighted by molar-refractivity contribution is 7.14. The maximum atomic E-state index is 12.1. The first-order valence-electron chi connectivity index (χ1n) is 6.45. The van der Waals surface area contributed by atoms with Gasteiger partial charge in [-0.3, -0.25) is 10.1 Å². The Morgan fingerprint density at radius 3 is 2.71 bits per heavy atom. The highest BCUT2D eigenvalue weighted by Crippen LogP contribution is 2.25. The van der Waals surface area contributed by atoms with Crippen LogP contribution in [0, 0.1) is 6.92 Å². The summed E-state index contributed by atoms with van der Waals surface area (Å²) < 4.78 is 1.67. The van der Waals surface area contributed by atoms with Crippen LogP contribution in [0.15, 0.2) is 42.0 Å². The molecule has 6 heteroatoms. The van der Waals surface area contributed by atoms with E-state index in [0.717, 1.165) is 11.3 Å². The van der Waals surface area contributed by atoms with Gasteiger partial charge in [-0.05, 0) is 6.92 Å². The van der Waals surface area contributed by atoms with Crippen LogP contribution in [0.4, 0.5) is 5.13 Å². The molecule has 5 nitrogen and oxygen atoms in total. The van der Waals surface area contributed by atoms with Gasteiger partial charge in [0.2, 0.25) is 0 Å². The number of imidazole rings is 1. The van der Waals surface area contributed by atoms with Gasteiger partial charge in [-0.2, -0.15) is 0 Å². The normalized spacial score (nSPS) is 10.6. The maximum Gasteiger partial charge on any atom is 0.293 e. The lowest BCUT2D eigenvalue weighted by Crippen LogP contribution is -2.16. The zero-order valence-electron chi connectivity index (χ0n) is 11.7. The van der Waals surface area contributed by atoms with Crippen LogP contribution < -0.4 is 5.32 Å². The summed E-state index contributed by atoms with van der Waals surface area (Å²) in [5.74, 6) is 0.106. The van der Waals surface area contributed by atoms with E-state index >= 15 is 0 Å². The van der Waals surface area contributed by atoms with Crippen molar-refractivity contribution in [3.8, 4) is 11.3 Å². The molecule has 0 spiro atoms. The molecule has 2 heterocycles. The van der Waals surface area contributed by atoms with E-state index in [1.165, 1.54) is 16.9 Å². The van der Waals surface area contributed by atoms with E-state index in [1.807, 2.05) is 36.6 Å². The molecule has 3 rings (SSSR count). The summed E-state index contributed by atoms with van der Waals surface area (Å²) in [6, 6.07) is 8.13. The minimum absolute atomic E-state index is 0.257. The number of carbonyl (C=O) groups excluding carboxylic acids is 1. The minimum atomic E-state index is -0.257. The topological polar surface area (TPSA) is 59.8 Å². The number of amides is 1. The standard InChI is InChI=1S/C15H14N4OS/c1-10-3-5-11(6-4-10)12-9-21-15(17-12)18-14(20)13-16-7-8-19(13)2/h3-9H,1-2H3,(H,17,18,20). The van der Waals surface area contributed by atoms with Gasteiger partial charge in [0.1, 0.15) is 0 Å². The molecule has 0 fully saturated rings. The second-order valence-electron chi connectivity index (χ2n) is 4.72. The monoisotopic (exact) mass is 298 g/mol. The predicted octanol–water partition coefficient (Wildman–Crippen LogP) is 3.10. The molecule has 3 aromatic rings. The maximum absolute atomic E-state index is 12.1. The number of benzene rings is 1. The molecule has 21 heavy (non-hydrogen) atoms. The van der Waals surface area contributed by atoms with E-state index in [2.05, 4.69) is 15.3 Å². The summed E-state index contributed by atoms with van der Waals surface area (Å²) in [5, 5.41) is 5.27. The van der Waals surface area contributed by atoms with E-state index < -0.39 is 0 Å². The van der Waals surface area contributed by atoms with E-state index in [1.54, 1.807) is 24.0 Å². The van der Waals surface area contributed by atoms with Crippen LogP contribution in [-0.4, -0.2) is 20.4 Å². The molecule has 1 aromatic carbocycles. The largest absolute Gasteiger partial charge is 0.330 e. The summed E-state index contributed by atoms with van der Waals surface area (Å²) >= 11 is 1.40. The lowest BCUT2D eigenvalue weighted by molar-refractivity contribution is 0.101. The van der Waals surface area contributed by atoms with Crippen molar-refractivity contribution in [2.75, 3.05) is 5.32 Å². The Labute approximate surface area is 126 Å². The highest BCUT2D eigenvalue weighted by Gasteiger charge is 2.13. The minimum Gasteiger partial charge on any atom is -0.330 e. The number of thiazole rings is 1. The lowest BCUT2D eigenvalue weighted by Gasteiger charge is -2.01. The van der Waals surface area contributed by atoms with Gasteiger partial charge in [-0.25, -0.2) is 9.97 Å². The summed E-state index contributed by atoms with van der Waals surface area (Å²) in [6.07, 6.45) is 3.32. The molecule has 0 aliphatic heterocycles. The second kappa shape index (κ2) is 5.49. The molecule has 0 aliphatic rings. The fourth-order valence-electron chi connectivity index (χ4n) is 1.93. The van der Waals surface area contributed by atoms with Crippen LogP contribution >= 0.6 is 11.3 Å². The van der Waals surface area contributed by atoms with E-state index in [4.69, 9.17) is 0 Å². The van der Waals surface area contributed by atoms with Crippen LogP contribution in [-0.2, 0) is 7.05 Å². The lowest BCUT2D eigenvalue weighted by atomic mass is 10.1. The van der Waals surface area contributed by atoms with Gasteiger partial charge < -0.3 is 4.57 Å². The first kappa shape index (κ1) is 13.5. The molecule has 1 amide bonds. The number of rotatable bonds is 3. The van der Waals surface area contributed by atoms with E-state index in [9.17, 15) is 4.79 Å². The second-order valence-corrected chi connectivity index (χ2v) is 5.58. The number of aryl methyl sites for hydroxylation is 2. The van der Waals surface area contributed by atoms with Crippen LogP contribution in [0.5, 0.6) is 0 Å². The molecule has 0 unspecified atom stereocenters. The van der Waals surface area contributed by atoms with Crippen molar-refractivity contribution in [1.82, 2.24) is 14.5 Å². The number of carbonyl (C=O) groups is 1. The number of aromatic nitrogens is 3. The highest BCUT2D eigenvalue weighted by atomic mass is 32.1. The quantitative estimate of drug-likeness (QED) is 0.808. The van der Waals surface area contributed by atoms with Crippen molar-refractivity contribution < 1.29 is 4.79 Å². The zero-order valence-corrected chi connectivity index (χ0v) is 12.5. The summed E-state index contributed by atoms with van der Waals surface area (Å²) in [7, 11) is 1.78. The molecule has 1 N–H and O–H groups in total. The predicted molar refractivity (Wildman–Crippen MR) is 83.4 cm³/mol. The van der Waals surface area contributed by atoms with E-state index in [0.29, 0.717) is 11.0 Å². The van der Waals surface area contributed by atoms with Crippen molar-refractivity contribution >= 4 is 22.4 Å². The Morgan fingerprint density at radius 1 is 1.29 bits per heavy atom. The molecule has 0 saturated carbocycles. The summed E-state index contributed by atoms with van der Waals surface area (Å²) in [6.45, 7) is 2.04. The van der Waals surface area contributed by atoms with Gasteiger partial charge in [0.25, 0.3) is 5.91 Å². The van der Waals surface area contributed by atoms with Crippen molar-refractivity contribution in [2.24, 2.45) is 7.05 Å². The van der Waals surface area contributed by atoms with Crippen LogP contribution in [0.25, 0.3) is 11.3 Å². The molecule has 0 radical (unpaired) electrons. The van der Waals surface area contributed by atoms with Gasteiger partial charge in [0.15, 0.2) is 11.0 Å². The van der Waals surface area contributed by atoms with Crippen molar-refractivity contribution in [3.63, 3.8) is 0 Å². The number of anilines is 1. The van der Waals surface area contributed by atoms with Crippen LogP contribution in [0.2, 0.25) is 0 Å². The molecule has 2 aromatic heterocycles. The fraction of sp³-hybridized carbons (Fsp3) is 0.133. The molecule has 0 aliphatic carbocycles. The SMILES string of the molecule is Cc1ccc(-c2csc(NC(=O)c3nccn3C)n2)cc1. The van der Waals surface area contributed by atoms with Gasteiger partial charge in [-0.1, -0.05) is 29.8 Å². The Kier molecular flexibility index (Phi) is 3.53. The smallest absolute Gasteiger partial charge is 0.293 e. The Balaban J connectivity index is 1.78. The molecular formula is C15H14N4OS. The van der Waals surface area contributed by atoms with Gasteiger partial charge in [0.05, 0.1) is 5.69 Å². The van der Waals surface area contributed by atoms with Gasteiger partial charge in [0, 0.05) is 30.4 Å². The molecule has 0 saturated heterocycles. The third-order valence-electron chi connectivity index (χ3n) is 3.10. The molecular weight excluding hydrogens is 284 g/mol.